The second-order valence-corrected chi connectivity index (χ2v) is 4.54. The Labute approximate surface area is 117 Å². The van der Waals surface area contributed by atoms with Crippen molar-refractivity contribution in [3.05, 3.63) is 23.9 Å². The van der Waals surface area contributed by atoms with E-state index in [1.54, 1.807) is 18.5 Å². The normalized spacial score (nSPS) is 12.3. The Balaban J connectivity index is 2.00. The van der Waals surface area contributed by atoms with E-state index in [-0.39, 0.29) is 5.91 Å². The van der Waals surface area contributed by atoms with Crippen molar-refractivity contribution in [3.63, 3.8) is 0 Å². The van der Waals surface area contributed by atoms with Crippen LogP contribution in [0.4, 0.5) is 5.95 Å². The third-order valence-corrected chi connectivity index (χ3v) is 2.90. The van der Waals surface area contributed by atoms with Gasteiger partial charge in [0.2, 0.25) is 11.9 Å². The zero-order chi connectivity index (χ0) is 14.5. The van der Waals surface area contributed by atoms with Crippen LogP contribution in [0.3, 0.4) is 0 Å². The van der Waals surface area contributed by atoms with Crippen molar-refractivity contribution < 1.29 is 9.53 Å². The molecule has 2 aromatic heterocycles. The van der Waals surface area contributed by atoms with E-state index < -0.39 is 6.04 Å². The Hall–Kier alpha value is -2.15. The third kappa shape index (κ3) is 3.24. The molecule has 20 heavy (non-hydrogen) atoms. The van der Waals surface area contributed by atoms with Crippen molar-refractivity contribution >= 4 is 17.5 Å². The standard InChI is InChI=1S/C13H19N5O2/c1-9-5-4-7-18-11(9)16-13(17-18)15-10(2)12(19)14-6-8-20-3/h4-5,7,10H,6,8H2,1-3H3,(H,14,19)(H,15,17). The van der Waals surface area contributed by atoms with Gasteiger partial charge in [-0.1, -0.05) is 6.07 Å². The van der Waals surface area contributed by atoms with Crippen LogP contribution in [0.2, 0.25) is 0 Å². The minimum atomic E-state index is -0.412. The number of anilines is 1. The Bertz CT molecular complexity index is 595. The van der Waals surface area contributed by atoms with Crippen LogP contribution >= 0.6 is 0 Å². The van der Waals surface area contributed by atoms with Crippen LogP contribution in [0.25, 0.3) is 5.65 Å². The first-order chi connectivity index (χ1) is 9.61. The third-order valence-electron chi connectivity index (χ3n) is 2.90. The molecule has 1 atom stereocenters. The lowest BCUT2D eigenvalue weighted by Crippen LogP contribution is -2.39. The van der Waals surface area contributed by atoms with Crippen LogP contribution in [0.5, 0.6) is 0 Å². The quantitative estimate of drug-likeness (QED) is 0.756. The summed E-state index contributed by atoms with van der Waals surface area (Å²) in [5, 5.41) is 10.0. The number of aryl methyl sites for hydroxylation is 1. The molecule has 0 saturated carbocycles. The summed E-state index contributed by atoms with van der Waals surface area (Å²) in [6, 6.07) is 3.46. The summed E-state index contributed by atoms with van der Waals surface area (Å²) in [6.45, 7) is 4.71. The monoisotopic (exact) mass is 277 g/mol. The largest absolute Gasteiger partial charge is 0.383 e. The van der Waals surface area contributed by atoms with Crippen LogP contribution < -0.4 is 10.6 Å². The molecule has 2 heterocycles. The minimum absolute atomic E-state index is 0.113. The molecule has 1 unspecified atom stereocenters. The van der Waals surface area contributed by atoms with Crippen LogP contribution in [-0.2, 0) is 9.53 Å². The number of hydrogen-bond acceptors (Lipinski definition) is 5. The summed E-state index contributed by atoms with van der Waals surface area (Å²) in [4.78, 5) is 16.2. The number of aromatic nitrogens is 3. The summed E-state index contributed by atoms with van der Waals surface area (Å²) in [7, 11) is 1.59. The average molecular weight is 277 g/mol. The molecule has 2 aromatic rings. The number of hydrogen-bond donors (Lipinski definition) is 2. The number of carbonyl (C=O) groups is 1. The predicted molar refractivity (Wildman–Crippen MR) is 75.7 cm³/mol. The van der Waals surface area contributed by atoms with Crippen LogP contribution in [0, 0.1) is 6.92 Å². The lowest BCUT2D eigenvalue weighted by molar-refractivity contribution is -0.121. The van der Waals surface area contributed by atoms with Gasteiger partial charge in [0.05, 0.1) is 6.61 Å². The summed E-state index contributed by atoms with van der Waals surface area (Å²) in [6.07, 6.45) is 1.82. The van der Waals surface area contributed by atoms with E-state index in [2.05, 4.69) is 20.7 Å². The maximum Gasteiger partial charge on any atom is 0.243 e. The molecule has 108 valence electrons. The SMILES string of the molecule is COCCNC(=O)C(C)Nc1nc2c(C)cccn2n1. The first-order valence-electron chi connectivity index (χ1n) is 6.47. The highest BCUT2D eigenvalue weighted by atomic mass is 16.5. The fourth-order valence-corrected chi connectivity index (χ4v) is 1.79. The van der Waals surface area contributed by atoms with Gasteiger partial charge in [0, 0.05) is 19.9 Å². The molecular formula is C13H19N5O2. The first-order valence-corrected chi connectivity index (χ1v) is 6.47. The number of methoxy groups -OCH3 is 1. The summed E-state index contributed by atoms with van der Waals surface area (Å²) < 4.78 is 6.57. The molecule has 0 aromatic carbocycles. The van der Waals surface area contributed by atoms with Gasteiger partial charge < -0.3 is 15.4 Å². The summed E-state index contributed by atoms with van der Waals surface area (Å²) in [5.74, 6) is 0.325. The Morgan fingerprint density at radius 2 is 2.35 bits per heavy atom. The molecule has 0 aliphatic heterocycles. The lowest BCUT2D eigenvalue weighted by Gasteiger charge is -2.12. The van der Waals surface area contributed by atoms with E-state index in [9.17, 15) is 4.79 Å². The Morgan fingerprint density at radius 3 is 3.05 bits per heavy atom. The van der Waals surface area contributed by atoms with Crippen molar-refractivity contribution in [1.29, 1.82) is 0 Å². The number of ether oxygens (including phenoxy) is 1. The molecule has 0 radical (unpaired) electrons. The highest BCUT2D eigenvalue weighted by Gasteiger charge is 2.14. The van der Waals surface area contributed by atoms with Crippen molar-refractivity contribution in [3.8, 4) is 0 Å². The Kier molecular flexibility index (Phi) is 4.52. The first kappa shape index (κ1) is 14.3. The second kappa shape index (κ2) is 6.33. The van der Waals surface area contributed by atoms with E-state index >= 15 is 0 Å². The summed E-state index contributed by atoms with van der Waals surface area (Å²) in [5.41, 5.74) is 1.81. The number of carbonyl (C=O) groups excluding carboxylic acids is 1. The fourth-order valence-electron chi connectivity index (χ4n) is 1.79. The molecule has 2 N–H and O–H groups in total. The van der Waals surface area contributed by atoms with Gasteiger partial charge in [0.25, 0.3) is 0 Å². The highest BCUT2D eigenvalue weighted by Crippen LogP contribution is 2.10. The topological polar surface area (TPSA) is 80.5 Å². The predicted octanol–water partition coefficient (Wildman–Crippen LogP) is 0.601. The van der Waals surface area contributed by atoms with Gasteiger partial charge in [-0.05, 0) is 25.5 Å². The average Bonchev–Trinajstić information content (AvgIpc) is 2.83. The van der Waals surface area contributed by atoms with Crippen molar-refractivity contribution in [2.24, 2.45) is 0 Å². The smallest absolute Gasteiger partial charge is 0.243 e. The number of nitrogens with zero attached hydrogens (tertiary/aromatic N) is 3. The maximum absolute atomic E-state index is 11.8. The molecule has 0 fully saturated rings. The van der Waals surface area contributed by atoms with Gasteiger partial charge in [-0.2, -0.15) is 4.98 Å². The molecule has 2 rings (SSSR count). The van der Waals surface area contributed by atoms with Crippen LogP contribution in [0.15, 0.2) is 18.3 Å². The molecule has 0 bridgehead atoms. The minimum Gasteiger partial charge on any atom is -0.383 e. The van der Waals surface area contributed by atoms with Gasteiger partial charge >= 0.3 is 0 Å². The zero-order valence-electron chi connectivity index (χ0n) is 11.9. The van der Waals surface area contributed by atoms with Crippen LogP contribution in [0.1, 0.15) is 12.5 Å². The Morgan fingerprint density at radius 1 is 1.55 bits per heavy atom. The summed E-state index contributed by atoms with van der Waals surface area (Å²) >= 11 is 0. The van der Waals surface area contributed by atoms with E-state index in [4.69, 9.17) is 4.74 Å². The molecule has 7 heteroatoms. The van der Waals surface area contributed by atoms with Gasteiger partial charge in [-0.15, -0.1) is 5.10 Å². The molecule has 1 amide bonds. The van der Waals surface area contributed by atoms with E-state index in [0.717, 1.165) is 11.2 Å². The van der Waals surface area contributed by atoms with Crippen molar-refractivity contribution in [1.82, 2.24) is 19.9 Å². The van der Waals surface area contributed by atoms with Crippen molar-refractivity contribution in [2.45, 2.75) is 19.9 Å². The van der Waals surface area contributed by atoms with Gasteiger partial charge in [0.15, 0.2) is 5.65 Å². The number of nitrogens with one attached hydrogen (secondary N) is 2. The molecule has 0 aliphatic carbocycles. The van der Waals surface area contributed by atoms with E-state index in [0.29, 0.717) is 19.1 Å². The number of rotatable bonds is 6. The van der Waals surface area contributed by atoms with Gasteiger partial charge in [-0.3, -0.25) is 4.79 Å². The van der Waals surface area contributed by atoms with E-state index in [1.165, 1.54) is 0 Å². The van der Waals surface area contributed by atoms with Crippen molar-refractivity contribution in [2.75, 3.05) is 25.6 Å². The molecule has 0 spiro atoms. The number of amides is 1. The van der Waals surface area contributed by atoms with Gasteiger partial charge in [0.1, 0.15) is 6.04 Å². The molecule has 0 aliphatic rings. The van der Waals surface area contributed by atoms with E-state index in [1.807, 2.05) is 25.3 Å². The second-order valence-electron chi connectivity index (χ2n) is 4.54. The fraction of sp³-hybridized carbons (Fsp3) is 0.462. The number of pyridine rings is 1. The lowest BCUT2D eigenvalue weighted by atomic mass is 10.3. The number of fused-ring (bicyclic) bond motifs is 1. The molecular weight excluding hydrogens is 258 g/mol. The molecule has 0 saturated heterocycles. The van der Waals surface area contributed by atoms with Gasteiger partial charge in [-0.25, -0.2) is 4.52 Å². The zero-order valence-corrected chi connectivity index (χ0v) is 11.9. The molecule has 7 nitrogen and oxygen atoms in total. The highest BCUT2D eigenvalue weighted by molar-refractivity contribution is 5.83. The van der Waals surface area contributed by atoms with Crippen LogP contribution in [-0.4, -0.2) is 46.8 Å². The maximum atomic E-state index is 11.8.